The molecule has 0 unspecified atom stereocenters. The molecule has 0 aliphatic heterocycles. The minimum absolute atomic E-state index is 0.112. The van der Waals surface area contributed by atoms with Gasteiger partial charge in [-0.2, -0.15) is 8.78 Å². The molecule has 1 atom stereocenters. The van der Waals surface area contributed by atoms with Gasteiger partial charge < -0.3 is 14.9 Å². The Morgan fingerprint density at radius 1 is 1.05 bits per heavy atom. The van der Waals surface area contributed by atoms with E-state index in [1.54, 1.807) is 0 Å². The summed E-state index contributed by atoms with van der Waals surface area (Å²) in [5.41, 5.74) is -5.88. The Bertz CT molecular complexity index is 1330. The lowest BCUT2D eigenvalue weighted by molar-refractivity contribution is -0.347. The summed E-state index contributed by atoms with van der Waals surface area (Å²) in [7, 11) is 0. The Hall–Kier alpha value is -3.68. The molecule has 3 fully saturated rings. The highest BCUT2D eigenvalue weighted by atomic mass is 19.3. The Morgan fingerprint density at radius 2 is 1.70 bits per heavy atom. The number of hydrogen-bond acceptors (Lipinski definition) is 6. The number of carboxylic acid groups (broad SMARTS) is 1. The van der Waals surface area contributed by atoms with Gasteiger partial charge in [0.15, 0.2) is 5.60 Å². The van der Waals surface area contributed by atoms with Gasteiger partial charge >= 0.3 is 12.1 Å². The van der Waals surface area contributed by atoms with Crippen LogP contribution in [0.4, 0.5) is 26.3 Å². The fourth-order valence-corrected chi connectivity index (χ4v) is 5.60. The summed E-state index contributed by atoms with van der Waals surface area (Å²) in [6, 6.07) is 6.90. The van der Waals surface area contributed by atoms with Crippen molar-refractivity contribution < 1.29 is 46.1 Å². The molecule has 3 aromatic rings. The van der Waals surface area contributed by atoms with E-state index in [0.29, 0.717) is 11.6 Å². The SMILES string of the molecule is O=C(O)C(F)(F)Oc1ccc(C23CC(C(F)(F)[C@@](O)(Cn4cnnn4)c4ccc(F)cc4F)(C2)C3)cc1. The molecule has 1 aromatic heterocycles. The number of nitrogens with zero attached hydrogens (tertiary/aromatic N) is 4. The van der Waals surface area contributed by atoms with Gasteiger partial charge in [-0.3, -0.25) is 0 Å². The number of aliphatic hydroxyl groups is 1. The molecule has 0 radical (unpaired) electrons. The quantitative estimate of drug-likeness (QED) is 0.408. The average molecular weight is 528 g/mol. The summed E-state index contributed by atoms with van der Waals surface area (Å²) in [6.45, 7) is -0.909. The first-order valence-electron chi connectivity index (χ1n) is 10.9. The van der Waals surface area contributed by atoms with Crippen molar-refractivity contribution in [1.82, 2.24) is 20.2 Å². The molecule has 3 aliphatic carbocycles. The van der Waals surface area contributed by atoms with Gasteiger partial charge in [-0.25, -0.2) is 27.0 Å². The number of aliphatic carboxylic acids is 1. The van der Waals surface area contributed by atoms with Crippen molar-refractivity contribution in [3.63, 3.8) is 0 Å². The van der Waals surface area contributed by atoms with E-state index < -0.39 is 63.9 Å². The number of carboxylic acids is 1. The summed E-state index contributed by atoms with van der Waals surface area (Å²) < 4.78 is 92.0. The van der Waals surface area contributed by atoms with Crippen LogP contribution in [0.15, 0.2) is 48.8 Å². The van der Waals surface area contributed by atoms with E-state index in [4.69, 9.17) is 5.11 Å². The smallest absolute Gasteiger partial charge is 0.474 e. The van der Waals surface area contributed by atoms with E-state index in [-0.39, 0.29) is 19.3 Å². The molecular weight excluding hydrogens is 510 g/mol. The van der Waals surface area contributed by atoms with Crippen LogP contribution < -0.4 is 4.74 Å². The predicted molar refractivity (Wildman–Crippen MR) is 111 cm³/mol. The topological polar surface area (TPSA) is 110 Å². The van der Waals surface area contributed by atoms with Gasteiger partial charge in [0.1, 0.15) is 23.7 Å². The number of benzene rings is 2. The van der Waals surface area contributed by atoms with E-state index in [0.717, 1.165) is 35.3 Å². The lowest BCUT2D eigenvalue weighted by Gasteiger charge is -2.74. The van der Waals surface area contributed by atoms with Crippen LogP contribution in [0.1, 0.15) is 30.4 Å². The van der Waals surface area contributed by atoms with Crippen molar-refractivity contribution in [3.8, 4) is 5.75 Å². The highest BCUT2D eigenvalue weighted by Crippen LogP contribution is 2.80. The lowest BCUT2D eigenvalue weighted by atomic mass is 9.30. The number of carbonyl (C=O) groups is 1. The Balaban J connectivity index is 1.40. The van der Waals surface area contributed by atoms with E-state index in [9.17, 15) is 27.5 Å². The number of rotatable bonds is 9. The van der Waals surface area contributed by atoms with Gasteiger partial charge in [-0.1, -0.05) is 12.1 Å². The van der Waals surface area contributed by atoms with Crippen LogP contribution in [0.3, 0.4) is 0 Å². The van der Waals surface area contributed by atoms with Crippen molar-refractivity contribution >= 4 is 5.97 Å². The number of hydrogen-bond donors (Lipinski definition) is 2. The van der Waals surface area contributed by atoms with Crippen molar-refractivity contribution in [2.75, 3.05) is 0 Å². The van der Waals surface area contributed by atoms with Crippen molar-refractivity contribution in [2.24, 2.45) is 5.41 Å². The zero-order valence-electron chi connectivity index (χ0n) is 18.7. The van der Waals surface area contributed by atoms with Gasteiger partial charge in [0.2, 0.25) is 0 Å². The van der Waals surface area contributed by atoms with Crippen LogP contribution in [-0.4, -0.2) is 48.4 Å². The maximum Gasteiger partial charge on any atom is 0.501 e. The highest BCUT2D eigenvalue weighted by Gasteiger charge is 2.82. The van der Waals surface area contributed by atoms with Crippen LogP contribution >= 0.6 is 0 Å². The summed E-state index contributed by atoms with van der Waals surface area (Å²) >= 11 is 0. The normalized spacial score (nSPS) is 24.5. The Kier molecular flexibility index (Phi) is 5.34. The summed E-state index contributed by atoms with van der Waals surface area (Å²) in [4.78, 5) is 10.5. The molecule has 196 valence electrons. The fraction of sp³-hybridized carbons (Fsp3) is 0.391. The van der Waals surface area contributed by atoms with Crippen LogP contribution in [-0.2, 0) is 22.4 Å². The number of aromatic nitrogens is 4. The van der Waals surface area contributed by atoms with Gasteiger partial charge in [-0.05, 0) is 64.9 Å². The highest BCUT2D eigenvalue weighted by molar-refractivity contribution is 5.73. The fourth-order valence-electron chi connectivity index (χ4n) is 5.60. The molecule has 6 rings (SSSR count). The van der Waals surface area contributed by atoms with Crippen LogP contribution in [0.25, 0.3) is 0 Å². The van der Waals surface area contributed by atoms with Crippen LogP contribution in [0.5, 0.6) is 5.75 Å². The van der Waals surface area contributed by atoms with E-state index in [2.05, 4.69) is 20.3 Å². The van der Waals surface area contributed by atoms with Gasteiger partial charge in [0.25, 0.3) is 5.92 Å². The molecule has 2 aromatic carbocycles. The second-order valence-corrected chi connectivity index (χ2v) is 9.61. The maximum atomic E-state index is 16.2. The zero-order valence-corrected chi connectivity index (χ0v) is 18.7. The molecule has 37 heavy (non-hydrogen) atoms. The second-order valence-electron chi connectivity index (χ2n) is 9.61. The molecule has 8 nitrogen and oxygen atoms in total. The summed E-state index contributed by atoms with van der Waals surface area (Å²) in [5, 5.41) is 30.0. The molecule has 3 aliphatic rings. The van der Waals surface area contributed by atoms with Crippen LogP contribution in [0.2, 0.25) is 0 Å². The largest absolute Gasteiger partial charge is 0.501 e. The third-order valence-electron chi connectivity index (χ3n) is 7.34. The third-order valence-corrected chi connectivity index (χ3v) is 7.34. The second kappa shape index (κ2) is 7.91. The molecule has 3 saturated carbocycles. The number of halogens is 6. The molecule has 2 N–H and O–H groups in total. The van der Waals surface area contributed by atoms with Gasteiger partial charge in [0.05, 0.1) is 6.54 Å². The molecule has 0 spiro atoms. The standard InChI is InChI=1S/C23H18F6N4O4/c24-14-3-6-16(17(25)7-14)21(36,11-33-12-30-31-32-33)23(28,29)20-8-19(9-20,10-20)13-1-4-15(5-2-13)37-22(26,27)18(34)35/h1-7,12,36H,8-11H2,(H,34,35)/t19?,20?,21-/m1/s1. The van der Waals surface area contributed by atoms with Gasteiger partial charge in [0, 0.05) is 17.0 Å². The Labute approximate surface area is 204 Å². The molecule has 2 bridgehead atoms. The minimum atomic E-state index is -4.44. The molecular formula is C23H18F6N4O4. The summed E-state index contributed by atoms with van der Waals surface area (Å²) in [5.74, 6) is -9.17. The zero-order chi connectivity index (χ0) is 26.9. The molecule has 14 heteroatoms. The number of tetrazole rings is 1. The van der Waals surface area contributed by atoms with E-state index in [1.165, 1.54) is 12.1 Å². The van der Waals surface area contributed by atoms with Crippen molar-refractivity contribution in [2.45, 2.75) is 48.9 Å². The predicted octanol–water partition coefficient (Wildman–Crippen LogP) is 3.65. The molecule has 0 amide bonds. The maximum absolute atomic E-state index is 16.2. The van der Waals surface area contributed by atoms with Gasteiger partial charge in [-0.15, -0.1) is 5.10 Å². The first-order valence-corrected chi connectivity index (χ1v) is 10.9. The molecule has 1 heterocycles. The van der Waals surface area contributed by atoms with Crippen LogP contribution in [0, 0.1) is 17.0 Å². The first kappa shape index (κ1) is 25.0. The monoisotopic (exact) mass is 528 g/mol. The first-order chi connectivity index (χ1) is 17.2. The average Bonchev–Trinajstić information content (AvgIpc) is 3.25. The number of ether oxygens (including phenoxy) is 1. The van der Waals surface area contributed by atoms with E-state index in [1.807, 2.05) is 0 Å². The lowest BCUT2D eigenvalue weighted by Crippen LogP contribution is -2.76. The molecule has 0 saturated heterocycles. The van der Waals surface area contributed by atoms with E-state index >= 15 is 8.78 Å². The third kappa shape index (κ3) is 3.64. The van der Waals surface area contributed by atoms with Crippen molar-refractivity contribution in [1.29, 1.82) is 0 Å². The number of alkyl halides is 4. The Morgan fingerprint density at radius 3 is 2.24 bits per heavy atom. The minimum Gasteiger partial charge on any atom is -0.474 e. The van der Waals surface area contributed by atoms with Crippen molar-refractivity contribution in [3.05, 3.63) is 71.6 Å². The summed E-state index contributed by atoms with van der Waals surface area (Å²) in [6.07, 6.45) is -3.80.